The first-order chi connectivity index (χ1) is 47.5. The number of hydrogen-bond donors (Lipinski definition) is 0. The molecule has 0 saturated carbocycles. The predicted molar refractivity (Wildman–Crippen MR) is 386 cm³/mol. The monoisotopic (exact) mass is 1220 g/mol. The van der Waals surface area contributed by atoms with Crippen LogP contribution in [0.1, 0.15) is 11.1 Å². The Kier molecular flexibility index (Phi) is 14.1. The largest absolute Gasteiger partial charge is 0.309 e. The molecule has 0 aliphatic carbocycles. The van der Waals surface area contributed by atoms with Crippen LogP contribution in [0, 0.1) is 22.7 Å². The van der Waals surface area contributed by atoms with Gasteiger partial charge in [-0.1, -0.05) is 224 Å². The smallest absolute Gasteiger partial charge is 0.166 e. The lowest BCUT2D eigenvalue weighted by Crippen LogP contribution is -2.04. The number of hydrogen-bond acceptors (Lipinski definition) is 8. The van der Waals surface area contributed by atoms with Gasteiger partial charge in [0.1, 0.15) is 0 Å². The highest BCUT2D eigenvalue weighted by Crippen LogP contribution is 2.43. The van der Waals surface area contributed by atoms with Gasteiger partial charge in [0, 0.05) is 54.9 Å². The van der Waals surface area contributed by atoms with Crippen LogP contribution in [0.15, 0.2) is 315 Å². The van der Waals surface area contributed by atoms with Crippen molar-refractivity contribution in [1.29, 1.82) is 10.5 Å². The molecular formula is C86H52N10. The van der Waals surface area contributed by atoms with Gasteiger partial charge in [0.25, 0.3) is 0 Å². The molecule has 446 valence electrons. The van der Waals surface area contributed by atoms with Gasteiger partial charge in [0.2, 0.25) is 0 Å². The van der Waals surface area contributed by atoms with Gasteiger partial charge in [0.05, 0.1) is 56.7 Å². The zero-order chi connectivity index (χ0) is 64.1. The molecule has 4 heterocycles. The lowest BCUT2D eigenvalue weighted by Gasteiger charge is -2.17. The van der Waals surface area contributed by atoms with E-state index in [2.05, 4.69) is 167 Å². The zero-order valence-electron chi connectivity index (χ0n) is 51.5. The normalized spacial score (nSPS) is 11.3. The molecule has 0 unspecified atom stereocenters. The molecule has 17 aromatic rings. The zero-order valence-corrected chi connectivity index (χ0v) is 51.5. The maximum absolute atomic E-state index is 9.62. The van der Waals surface area contributed by atoms with E-state index in [0.717, 1.165) is 133 Å². The second-order valence-corrected chi connectivity index (χ2v) is 23.7. The quantitative estimate of drug-likeness (QED) is 0.118. The van der Waals surface area contributed by atoms with Gasteiger partial charge in [-0.05, 0) is 136 Å². The molecule has 0 aliphatic rings. The minimum absolute atomic E-state index is 0.522. The Morgan fingerprint density at radius 3 is 0.854 bits per heavy atom. The molecule has 10 heteroatoms. The fraction of sp³-hybridized carbons (Fsp3) is 0. The van der Waals surface area contributed by atoms with Crippen molar-refractivity contribution in [3.05, 3.63) is 327 Å². The SMILES string of the molecule is N#Cc1ccc(-c2ccc3c(c2)c2ccccc2n3-c2ccc(-c3cccc(-c4ccc(-n5c6ccccc6c6cc(-c7ccc(C#N)cc7)ccc65)c(-c5nc(-c6ccccc6)nc(-c6ccccc6)n5)c4)c3)cc2-c2nc(-c3ccccc3)nc(-c3ccccc3)n2)cc1. The van der Waals surface area contributed by atoms with Gasteiger partial charge < -0.3 is 9.13 Å². The highest BCUT2D eigenvalue weighted by Gasteiger charge is 2.24. The molecule has 4 aromatic heterocycles. The summed E-state index contributed by atoms with van der Waals surface area (Å²) in [6.07, 6.45) is 0. The highest BCUT2D eigenvalue weighted by atomic mass is 15.1. The van der Waals surface area contributed by atoms with Gasteiger partial charge >= 0.3 is 0 Å². The summed E-state index contributed by atoms with van der Waals surface area (Å²) in [6, 6.07) is 113. The summed E-state index contributed by atoms with van der Waals surface area (Å²) in [4.78, 5) is 31.8. The Hall–Kier alpha value is -13.5. The summed E-state index contributed by atoms with van der Waals surface area (Å²) >= 11 is 0. The van der Waals surface area contributed by atoms with Crippen LogP contribution in [0.2, 0.25) is 0 Å². The number of aromatic nitrogens is 8. The molecule has 0 amide bonds. The van der Waals surface area contributed by atoms with E-state index >= 15 is 0 Å². The van der Waals surface area contributed by atoms with Crippen LogP contribution in [-0.2, 0) is 0 Å². The molecule has 96 heavy (non-hydrogen) atoms. The molecular weight excluding hydrogens is 1170 g/mol. The molecule has 0 saturated heterocycles. The van der Waals surface area contributed by atoms with E-state index in [1.54, 1.807) is 0 Å². The first kappa shape index (κ1) is 56.4. The van der Waals surface area contributed by atoms with E-state index in [1.807, 2.05) is 170 Å². The molecule has 13 aromatic carbocycles. The van der Waals surface area contributed by atoms with E-state index < -0.39 is 0 Å². The van der Waals surface area contributed by atoms with E-state index in [9.17, 15) is 10.5 Å². The van der Waals surface area contributed by atoms with Gasteiger partial charge in [-0.2, -0.15) is 10.5 Å². The van der Waals surface area contributed by atoms with Gasteiger partial charge in [-0.25, -0.2) is 29.9 Å². The molecule has 0 spiro atoms. The minimum Gasteiger partial charge on any atom is -0.309 e. The Morgan fingerprint density at radius 1 is 0.208 bits per heavy atom. The van der Waals surface area contributed by atoms with Crippen LogP contribution in [-0.4, -0.2) is 39.0 Å². The maximum Gasteiger partial charge on any atom is 0.166 e. The molecule has 0 atom stereocenters. The van der Waals surface area contributed by atoms with E-state index in [1.165, 1.54) is 0 Å². The van der Waals surface area contributed by atoms with E-state index in [0.29, 0.717) is 46.1 Å². The molecule has 17 rings (SSSR count). The molecule has 0 N–H and O–H groups in total. The standard InChI is InChI=1S/C86H52N10/c87-53-55-32-36-57(37-33-55)65-40-44-77-71(49-65)69-28-13-15-30-75(69)95(77)79-46-42-67(51-73(79)85-91-81(59-18-5-1-6-19-59)89-82(92-85)60-20-7-2-8-21-60)63-26-17-27-64(48-63)68-43-47-80(74(52-68)86-93-83(61-22-9-3-10-23-61)90-84(94-86)62-24-11-4-12-25-62)96-76-31-16-14-29-70(76)72-50-66(41-45-78(72)96)58-38-34-56(54-88)35-39-58/h1-52H. The summed E-state index contributed by atoms with van der Waals surface area (Å²) in [7, 11) is 0. The fourth-order valence-corrected chi connectivity index (χ4v) is 13.2. The van der Waals surface area contributed by atoms with E-state index in [4.69, 9.17) is 29.9 Å². The van der Waals surface area contributed by atoms with Gasteiger partial charge in [0.15, 0.2) is 34.9 Å². The average Bonchev–Trinajstić information content (AvgIpc) is 1.57. The Morgan fingerprint density at radius 2 is 0.490 bits per heavy atom. The number of rotatable bonds is 12. The summed E-state index contributed by atoms with van der Waals surface area (Å²) in [5, 5.41) is 23.6. The third-order valence-corrected chi connectivity index (χ3v) is 17.9. The van der Waals surface area contributed by atoms with Crippen LogP contribution >= 0.6 is 0 Å². The first-order valence-corrected chi connectivity index (χ1v) is 31.7. The van der Waals surface area contributed by atoms with E-state index in [-0.39, 0.29) is 0 Å². The Bertz CT molecular complexity index is 5470. The summed E-state index contributed by atoms with van der Waals surface area (Å²) < 4.78 is 4.66. The topological polar surface area (TPSA) is 135 Å². The van der Waals surface area contributed by atoms with Crippen LogP contribution in [0.25, 0.3) is 168 Å². The van der Waals surface area contributed by atoms with Crippen molar-refractivity contribution in [2.45, 2.75) is 0 Å². The van der Waals surface area contributed by atoms with Crippen molar-refractivity contribution in [1.82, 2.24) is 39.0 Å². The van der Waals surface area contributed by atoms with Crippen molar-refractivity contribution in [2.24, 2.45) is 0 Å². The van der Waals surface area contributed by atoms with Crippen molar-refractivity contribution < 1.29 is 0 Å². The van der Waals surface area contributed by atoms with Crippen molar-refractivity contribution in [2.75, 3.05) is 0 Å². The van der Waals surface area contributed by atoms with Crippen molar-refractivity contribution in [3.8, 4) is 136 Å². The Balaban J connectivity index is 0.865. The lowest BCUT2D eigenvalue weighted by atomic mass is 9.95. The van der Waals surface area contributed by atoms with Crippen LogP contribution < -0.4 is 0 Å². The Labute approximate surface area is 553 Å². The average molecular weight is 1230 g/mol. The van der Waals surface area contributed by atoms with Gasteiger partial charge in [-0.15, -0.1) is 0 Å². The molecule has 0 bridgehead atoms. The number of para-hydroxylation sites is 2. The summed E-state index contributed by atoms with van der Waals surface area (Å²) in [6.45, 7) is 0. The van der Waals surface area contributed by atoms with Crippen LogP contribution in [0.5, 0.6) is 0 Å². The number of nitrogens with zero attached hydrogens (tertiary/aromatic N) is 10. The maximum atomic E-state index is 9.62. The van der Waals surface area contributed by atoms with Crippen LogP contribution in [0.3, 0.4) is 0 Å². The number of nitriles is 2. The summed E-state index contributed by atoms with van der Waals surface area (Å²) in [5.74, 6) is 3.28. The lowest BCUT2D eigenvalue weighted by molar-refractivity contribution is 1.06. The fourth-order valence-electron chi connectivity index (χ4n) is 13.2. The molecule has 10 nitrogen and oxygen atoms in total. The first-order valence-electron chi connectivity index (χ1n) is 31.7. The number of fused-ring (bicyclic) bond motifs is 6. The minimum atomic E-state index is 0.522. The molecule has 0 radical (unpaired) electrons. The van der Waals surface area contributed by atoms with Crippen LogP contribution in [0.4, 0.5) is 0 Å². The van der Waals surface area contributed by atoms with Crippen molar-refractivity contribution in [3.63, 3.8) is 0 Å². The predicted octanol–water partition coefficient (Wildman–Crippen LogP) is 20.7. The molecule has 0 fully saturated rings. The second-order valence-electron chi connectivity index (χ2n) is 23.7. The number of benzene rings is 13. The third-order valence-electron chi connectivity index (χ3n) is 17.9. The van der Waals surface area contributed by atoms with Gasteiger partial charge in [-0.3, -0.25) is 0 Å². The third kappa shape index (κ3) is 10.3. The molecule has 0 aliphatic heterocycles. The summed E-state index contributed by atoms with van der Waals surface area (Å²) in [5.41, 5.74) is 20.3. The van der Waals surface area contributed by atoms with Crippen molar-refractivity contribution >= 4 is 43.6 Å². The second kappa shape index (κ2) is 23.9. The highest BCUT2D eigenvalue weighted by molar-refractivity contribution is 6.12.